The van der Waals surface area contributed by atoms with Gasteiger partial charge in [0.15, 0.2) is 0 Å². The number of fused-ring (bicyclic) bond motifs is 1. The van der Waals surface area contributed by atoms with E-state index in [-0.39, 0.29) is 11.9 Å². The Morgan fingerprint density at radius 3 is 2.95 bits per heavy atom. The van der Waals surface area contributed by atoms with Gasteiger partial charge in [-0.1, -0.05) is 41.1 Å². The van der Waals surface area contributed by atoms with E-state index in [2.05, 4.69) is 34.2 Å². The van der Waals surface area contributed by atoms with Crippen molar-refractivity contribution in [1.82, 2.24) is 5.32 Å². The van der Waals surface area contributed by atoms with E-state index in [0.717, 1.165) is 15.8 Å². The minimum Gasteiger partial charge on any atom is -0.493 e. The van der Waals surface area contributed by atoms with Gasteiger partial charge in [-0.15, -0.1) is 0 Å². The van der Waals surface area contributed by atoms with Crippen molar-refractivity contribution in [2.45, 2.75) is 19.5 Å². The van der Waals surface area contributed by atoms with Gasteiger partial charge in [0.05, 0.1) is 6.61 Å². The first-order valence-electron chi connectivity index (χ1n) is 7.04. The van der Waals surface area contributed by atoms with Crippen LogP contribution in [0, 0.1) is 11.7 Å². The highest BCUT2D eigenvalue weighted by molar-refractivity contribution is 9.10. The molecule has 21 heavy (non-hydrogen) atoms. The van der Waals surface area contributed by atoms with Crippen molar-refractivity contribution in [3.05, 3.63) is 63.9 Å². The number of rotatable bonds is 3. The zero-order chi connectivity index (χ0) is 14.8. The van der Waals surface area contributed by atoms with Crippen LogP contribution in [0.1, 0.15) is 24.1 Å². The van der Waals surface area contributed by atoms with Crippen LogP contribution in [-0.2, 0) is 6.54 Å². The summed E-state index contributed by atoms with van der Waals surface area (Å²) in [4.78, 5) is 0. The minimum atomic E-state index is -0.182. The number of ether oxygens (including phenoxy) is 1. The third kappa shape index (κ3) is 3.11. The molecule has 3 rings (SSSR count). The molecule has 0 spiro atoms. The third-order valence-corrected chi connectivity index (χ3v) is 4.34. The number of benzene rings is 2. The predicted molar refractivity (Wildman–Crippen MR) is 84.8 cm³/mol. The van der Waals surface area contributed by atoms with Gasteiger partial charge in [0.1, 0.15) is 11.6 Å². The summed E-state index contributed by atoms with van der Waals surface area (Å²) >= 11 is 3.39. The molecule has 4 heteroatoms. The van der Waals surface area contributed by atoms with Crippen LogP contribution in [0.15, 0.2) is 46.9 Å². The lowest BCUT2D eigenvalue weighted by atomic mass is 9.92. The van der Waals surface area contributed by atoms with Gasteiger partial charge in [-0.3, -0.25) is 0 Å². The first-order valence-corrected chi connectivity index (χ1v) is 7.83. The monoisotopic (exact) mass is 349 g/mol. The minimum absolute atomic E-state index is 0.174. The predicted octanol–water partition coefficient (Wildman–Crippen LogP) is 4.45. The molecule has 0 bridgehead atoms. The Morgan fingerprint density at radius 2 is 2.10 bits per heavy atom. The molecule has 1 aliphatic rings. The summed E-state index contributed by atoms with van der Waals surface area (Å²) in [6, 6.07) is 13.2. The lowest BCUT2D eigenvalue weighted by Gasteiger charge is -2.32. The Kier molecular flexibility index (Phi) is 4.27. The molecule has 1 N–H and O–H groups in total. The molecule has 2 nitrogen and oxygen atoms in total. The molecule has 1 heterocycles. The van der Waals surface area contributed by atoms with E-state index < -0.39 is 0 Å². The fourth-order valence-corrected chi connectivity index (χ4v) is 3.11. The normalized spacial score (nSPS) is 20.7. The standard InChI is InChI=1S/C17H17BrFNO/c1-11-10-21-16-5-3-2-4-14(16)17(11)20-9-12-8-13(18)6-7-15(12)19/h2-8,11,17,20H,9-10H2,1H3. The van der Waals surface area contributed by atoms with Crippen LogP contribution in [0.25, 0.3) is 0 Å². The maximum absolute atomic E-state index is 13.8. The van der Waals surface area contributed by atoms with Gasteiger partial charge >= 0.3 is 0 Å². The van der Waals surface area contributed by atoms with E-state index in [1.165, 1.54) is 6.07 Å². The van der Waals surface area contributed by atoms with Gasteiger partial charge in [-0.05, 0) is 24.3 Å². The summed E-state index contributed by atoms with van der Waals surface area (Å²) in [5, 5.41) is 3.47. The summed E-state index contributed by atoms with van der Waals surface area (Å²) in [5.41, 5.74) is 1.81. The second-order valence-corrected chi connectivity index (χ2v) is 6.34. The SMILES string of the molecule is CC1COc2ccccc2C1NCc1cc(Br)ccc1F. The summed E-state index contributed by atoms with van der Waals surface area (Å²) < 4.78 is 20.5. The highest BCUT2D eigenvalue weighted by atomic mass is 79.9. The van der Waals surface area contributed by atoms with Crippen molar-refractivity contribution in [3.8, 4) is 5.75 Å². The second kappa shape index (κ2) is 6.16. The molecule has 0 fully saturated rings. The molecule has 2 aromatic carbocycles. The maximum atomic E-state index is 13.8. The van der Waals surface area contributed by atoms with Crippen molar-refractivity contribution in [2.24, 2.45) is 5.92 Å². The van der Waals surface area contributed by atoms with E-state index in [0.29, 0.717) is 24.6 Å². The van der Waals surface area contributed by atoms with Gasteiger partial charge in [-0.25, -0.2) is 4.39 Å². The average molecular weight is 350 g/mol. The first-order chi connectivity index (χ1) is 10.1. The number of hydrogen-bond donors (Lipinski definition) is 1. The van der Waals surface area contributed by atoms with Gasteiger partial charge in [0.2, 0.25) is 0 Å². The molecule has 2 atom stereocenters. The number of hydrogen-bond acceptors (Lipinski definition) is 2. The van der Waals surface area contributed by atoms with Crippen LogP contribution < -0.4 is 10.1 Å². The molecule has 2 unspecified atom stereocenters. The summed E-state index contributed by atoms with van der Waals surface area (Å²) in [6.07, 6.45) is 0. The van der Waals surface area contributed by atoms with E-state index in [1.54, 1.807) is 6.07 Å². The van der Waals surface area contributed by atoms with Crippen molar-refractivity contribution >= 4 is 15.9 Å². The van der Waals surface area contributed by atoms with E-state index in [1.807, 2.05) is 24.3 Å². The summed E-state index contributed by atoms with van der Waals surface area (Å²) in [7, 11) is 0. The largest absolute Gasteiger partial charge is 0.493 e. The maximum Gasteiger partial charge on any atom is 0.127 e. The fourth-order valence-electron chi connectivity index (χ4n) is 2.70. The molecular formula is C17H17BrFNO. The number of para-hydroxylation sites is 1. The van der Waals surface area contributed by atoms with Gasteiger partial charge in [0.25, 0.3) is 0 Å². The van der Waals surface area contributed by atoms with Crippen LogP contribution in [0.3, 0.4) is 0 Å². The highest BCUT2D eigenvalue weighted by Crippen LogP contribution is 2.35. The van der Waals surface area contributed by atoms with Crippen LogP contribution in [0.2, 0.25) is 0 Å². The first kappa shape index (κ1) is 14.5. The van der Waals surface area contributed by atoms with Crippen LogP contribution in [-0.4, -0.2) is 6.61 Å². The summed E-state index contributed by atoms with van der Waals surface area (Å²) in [6.45, 7) is 3.31. The molecule has 0 amide bonds. The lowest BCUT2D eigenvalue weighted by Crippen LogP contribution is -2.33. The molecule has 1 aliphatic heterocycles. The van der Waals surface area contributed by atoms with Crippen LogP contribution in [0.4, 0.5) is 4.39 Å². The van der Waals surface area contributed by atoms with E-state index >= 15 is 0 Å². The van der Waals surface area contributed by atoms with Crippen molar-refractivity contribution < 1.29 is 9.13 Å². The van der Waals surface area contributed by atoms with Crippen LogP contribution in [0.5, 0.6) is 5.75 Å². The van der Waals surface area contributed by atoms with E-state index in [9.17, 15) is 4.39 Å². The third-order valence-electron chi connectivity index (χ3n) is 3.85. The molecule has 0 radical (unpaired) electrons. The van der Waals surface area contributed by atoms with Crippen molar-refractivity contribution in [1.29, 1.82) is 0 Å². The summed E-state index contributed by atoms with van der Waals surface area (Å²) in [5.74, 6) is 1.08. The number of halogens is 2. The van der Waals surface area contributed by atoms with Gasteiger partial charge < -0.3 is 10.1 Å². The Hall–Kier alpha value is -1.39. The topological polar surface area (TPSA) is 21.3 Å². The zero-order valence-electron chi connectivity index (χ0n) is 11.8. The molecule has 0 saturated heterocycles. The smallest absolute Gasteiger partial charge is 0.127 e. The van der Waals surface area contributed by atoms with Crippen LogP contribution >= 0.6 is 15.9 Å². The Labute approximate surface area is 132 Å². The van der Waals surface area contributed by atoms with Gasteiger partial charge in [-0.2, -0.15) is 0 Å². The molecule has 0 saturated carbocycles. The molecular weight excluding hydrogens is 333 g/mol. The molecule has 2 aromatic rings. The Bertz CT molecular complexity index is 646. The van der Waals surface area contributed by atoms with Gasteiger partial charge in [0, 0.05) is 34.1 Å². The Morgan fingerprint density at radius 1 is 1.29 bits per heavy atom. The quantitative estimate of drug-likeness (QED) is 0.883. The average Bonchev–Trinajstić information content (AvgIpc) is 2.49. The van der Waals surface area contributed by atoms with Crippen molar-refractivity contribution in [2.75, 3.05) is 6.61 Å². The highest BCUT2D eigenvalue weighted by Gasteiger charge is 2.27. The molecule has 0 aliphatic carbocycles. The zero-order valence-corrected chi connectivity index (χ0v) is 13.4. The second-order valence-electron chi connectivity index (χ2n) is 5.42. The lowest BCUT2D eigenvalue weighted by molar-refractivity contribution is 0.187. The molecule has 0 aromatic heterocycles. The fraction of sp³-hybridized carbons (Fsp3) is 0.294. The molecule has 110 valence electrons. The number of nitrogens with one attached hydrogen (secondary N) is 1. The Balaban J connectivity index is 1.80. The van der Waals surface area contributed by atoms with E-state index in [4.69, 9.17) is 4.74 Å². The van der Waals surface area contributed by atoms with Crippen molar-refractivity contribution in [3.63, 3.8) is 0 Å².